The van der Waals surface area contributed by atoms with Gasteiger partial charge in [0.25, 0.3) is 6.43 Å². The molecule has 1 saturated heterocycles. The van der Waals surface area contributed by atoms with E-state index in [1.54, 1.807) is 30.0 Å². The lowest BCUT2D eigenvalue weighted by atomic mass is 10.2. The minimum atomic E-state index is -2.54. The number of benzene rings is 2. The molecule has 1 aliphatic heterocycles. The van der Waals surface area contributed by atoms with E-state index in [2.05, 4.69) is 22.3 Å². The number of amides is 2. The zero-order valence-corrected chi connectivity index (χ0v) is 15.9. The number of anilines is 1. The van der Waals surface area contributed by atoms with Gasteiger partial charge in [0.05, 0.1) is 0 Å². The third kappa shape index (κ3) is 5.66. The number of piperazine rings is 1. The standard InChI is InChI=1S/C21H25F2N3O2/c1-16-7-8-18(13-19(16)28-15-20(22)23)24-21(27)26-11-9-25(10-12-26)14-17-5-3-2-4-6-17/h2-8,13,20H,9-12,14-15H2,1H3,(H,24,27). The van der Waals surface area contributed by atoms with Crippen molar-refractivity contribution in [1.82, 2.24) is 9.80 Å². The molecule has 1 heterocycles. The lowest BCUT2D eigenvalue weighted by Gasteiger charge is -2.34. The van der Waals surface area contributed by atoms with Crippen LogP contribution in [0.4, 0.5) is 19.3 Å². The number of hydrogen-bond acceptors (Lipinski definition) is 3. The van der Waals surface area contributed by atoms with Crippen molar-refractivity contribution in [2.24, 2.45) is 0 Å². The van der Waals surface area contributed by atoms with Crippen LogP contribution in [0.2, 0.25) is 0 Å². The van der Waals surface area contributed by atoms with E-state index in [0.29, 0.717) is 24.5 Å². The van der Waals surface area contributed by atoms with Crippen molar-refractivity contribution in [2.45, 2.75) is 19.9 Å². The number of rotatable bonds is 6. The second kappa shape index (κ2) is 9.50. The number of alkyl halides is 2. The Morgan fingerprint density at radius 3 is 2.50 bits per heavy atom. The minimum Gasteiger partial charge on any atom is -0.487 e. The van der Waals surface area contributed by atoms with Crippen LogP contribution in [-0.2, 0) is 6.54 Å². The van der Waals surface area contributed by atoms with Gasteiger partial charge < -0.3 is 15.0 Å². The fraction of sp³-hybridized carbons (Fsp3) is 0.381. The third-order valence-corrected chi connectivity index (χ3v) is 4.71. The number of ether oxygens (including phenoxy) is 1. The summed E-state index contributed by atoms with van der Waals surface area (Å²) in [6, 6.07) is 15.1. The topological polar surface area (TPSA) is 44.8 Å². The summed E-state index contributed by atoms with van der Waals surface area (Å²) in [5, 5.41) is 2.83. The maximum absolute atomic E-state index is 12.5. The maximum atomic E-state index is 12.5. The monoisotopic (exact) mass is 389 g/mol. The maximum Gasteiger partial charge on any atom is 0.321 e. The van der Waals surface area contributed by atoms with Gasteiger partial charge in [0.2, 0.25) is 0 Å². The lowest BCUT2D eigenvalue weighted by molar-refractivity contribution is 0.0816. The fourth-order valence-electron chi connectivity index (χ4n) is 3.14. The van der Waals surface area contributed by atoms with Gasteiger partial charge in [-0.2, -0.15) is 0 Å². The van der Waals surface area contributed by atoms with Crippen LogP contribution in [0.1, 0.15) is 11.1 Å². The van der Waals surface area contributed by atoms with Gasteiger partial charge in [-0.05, 0) is 24.1 Å². The summed E-state index contributed by atoms with van der Waals surface area (Å²) < 4.78 is 29.9. The molecule has 0 aromatic heterocycles. The first kappa shape index (κ1) is 20.1. The Morgan fingerprint density at radius 1 is 1.11 bits per heavy atom. The number of carbonyl (C=O) groups is 1. The van der Waals surface area contributed by atoms with Crippen LogP contribution in [0.25, 0.3) is 0 Å². The van der Waals surface area contributed by atoms with Crippen LogP contribution in [0, 0.1) is 6.92 Å². The highest BCUT2D eigenvalue weighted by atomic mass is 19.3. The van der Waals surface area contributed by atoms with Crippen LogP contribution < -0.4 is 10.1 Å². The predicted octanol–water partition coefficient (Wildman–Crippen LogP) is 3.99. The quantitative estimate of drug-likeness (QED) is 0.813. The lowest BCUT2D eigenvalue weighted by Crippen LogP contribution is -2.49. The average molecular weight is 389 g/mol. The summed E-state index contributed by atoms with van der Waals surface area (Å²) in [6.45, 7) is 4.87. The van der Waals surface area contributed by atoms with Gasteiger partial charge in [-0.1, -0.05) is 36.4 Å². The Balaban J connectivity index is 1.51. The summed E-state index contributed by atoms with van der Waals surface area (Å²) in [4.78, 5) is 16.6. The molecule has 0 aliphatic carbocycles. The molecule has 0 atom stereocenters. The molecule has 0 radical (unpaired) electrons. The van der Waals surface area contributed by atoms with E-state index in [4.69, 9.17) is 4.74 Å². The molecule has 1 aliphatic rings. The number of halogens is 2. The fourth-order valence-corrected chi connectivity index (χ4v) is 3.14. The van der Waals surface area contributed by atoms with E-state index in [-0.39, 0.29) is 6.03 Å². The molecule has 1 fully saturated rings. The largest absolute Gasteiger partial charge is 0.487 e. The molecule has 0 unspecified atom stereocenters. The van der Waals surface area contributed by atoms with Gasteiger partial charge in [-0.15, -0.1) is 0 Å². The van der Waals surface area contributed by atoms with Crippen LogP contribution >= 0.6 is 0 Å². The molecule has 5 nitrogen and oxygen atoms in total. The van der Waals surface area contributed by atoms with Gasteiger partial charge in [0.15, 0.2) is 0 Å². The zero-order chi connectivity index (χ0) is 19.9. The van der Waals surface area contributed by atoms with Crippen molar-refractivity contribution in [3.63, 3.8) is 0 Å². The summed E-state index contributed by atoms with van der Waals surface area (Å²) in [7, 11) is 0. The molecule has 150 valence electrons. The number of nitrogens with zero attached hydrogens (tertiary/aromatic N) is 2. The predicted molar refractivity (Wildman–Crippen MR) is 105 cm³/mol. The SMILES string of the molecule is Cc1ccc(NC(=O)N2CCN(Cc3ccccc3)CC2)cc1OCC(F)F. The molecule has 1 N–H and O–H groups in total. The minimum absolute atomic E-state index is 0.192. The van der Waals surface area contributed by atoms with Gasteiger partial charge in [0.1, 0.15) is 12.4 Å². The highest BCUT2D eigenvalue weighted by Crippen LogP contribution is 2.23. The average Bonchev–Trinajstić information content (AvgIpc) is 2.69. The molecule has 2 aromatic carbocycles. The first-order chi connectivity index (χ1) is 13.5. The normalized spacial score (nSPS) is 14.9. The summed E-state index contributed by atoms with van der Waals surface area (Å²) in [5.41, 5.74) is 2.54. The molecule has 2 amide bonds. The van der Waals surface area contributed by atoms with Crippen LogP contribution in [-0.4, -0.2) is 55.0 Å². The zero-order valence-electron chi connectivity index (χ0n) is 15.9. The van der Waals surface area contributed by atoms with Crippen molar-refractivity contribution < 1.29 is 18.3 Å². The number of carbonyl (C=O) groups excluding carboxylic acids is 1. The van der Waals surface area contributed by atoms with Crippen LogP contribution in [0.3, 0.4) is 0 Å². The Bertz CT molecular complexity index is 778. The Labute approximate surface area is 163 Å². The number of aryl methyl sites for hydroxylation is 1. The molecule has 3 rings (SSSR count). The van der Waals surface area contributed by atoms with E-state index < -0.39 is 13.0 Å². The molecule has 7 heteroatoms. The molecule has 0 bridgehead atoms. The second-order valence-electron chi connectivity index (χ2n) is 6.86. The van der Waals surface area contributed by atoms with Gasteiger partial charge in [-0.3, -0.25) is 4.90 Å². The molecular formula is C21H25F2N3O2. The Morgan fingerprint density at radius 2 is 1.82 bits per heavy atom. The van der Waals surface area contributed by atoms with E-state index in [1.807, 2.05) is 18.2 Å². The number of nitrogens with one attached hydrogen (secondary N) is 1. The summed E-state index contributed by atoms with van der Waals surface area (Å²) in [6.07, 6.45) is -2.54. The van der Waals surface area contributed by atoms with Gasteiger partial charge in [0, 0.05) is 44.5 Å². The number of urea groups is 1. The van der Waals surface area contributed by atoms with Crippen LogP contribution in [0.5, 0.6) is 5.75 Å². The number of hydrogen-bond donors (Lipinski definition) is 1. The summed E-state index contributed by atoms with van der Waals surface area (Å²) >= 11 is 0. The van der Waals surface area contributed by atoms with Crippen molar-refractivity contribution in [2.75, 3.05) is 38.1 Å². The van der Waals surface area contributed by atoms with Gasteiger partial charge in [-0.25, -0.2) is 13.6 Å². The molecule has 0 spiro atoms. The van der Waals surface area contributed by atoms with Crippen LogP contribution in [0.15, 0.2) is 48.5 Å². The molecule has 2 aromatic rings. The van der Waals surface area contributed by atoms with Gasteiger partial charge >= 0.3 is 6.03 Å². The van der Waals surface area contributed by atoms with Crippen molar-refractivity contribution in [3.8, 4) is 5.75 Å². The highest BCUT2D eigenvalue weighted by molar-refractivity contribution is 5.89. The summed E-state index contributed by atoms with van der Waals surface area (Å²) in [5.74, 6) is 0.353. The molecule has 0 saturated carbocycles. The Kier molecular flexibility index (Phi) is 6.81. The molecule has 28 heavy (non-hydrogen) atoms. The third-order valence-electron chi connectivity index (χ3n) is 4.71. The van der Waals surface area contributed by atoms with E-state index in [9.17, 15) is 13.6 Å². The highest BCUT2D eigenvalue weighted by Gasteiger charge is 2.21. The first-order valence-electron chi connectivity index (χ1n) is 9.35. The van der Waals surface area contributed by atoms with Crippen molar-refractivity contribution in [1.29, 1.82) is 0 Å². The second-order valence-corrected chi connectivity index (χ2v) is 6.86. The van der Waals surface area contributed by atoms with Crippen molar-refractivity contribution >= 4 is 11.7 Å². The van der Waals surface area contributed by atoms with E-state index in [1.165, 1.54) is 5.56 Å². The Hall–Kier alpha value is -2.67. The molecular weight excluding hydrogens is 364 g/mol. The van der Waals surface area contributed by atoms with E-state index in [0.717, 1.165) is 25.2 Å². The smallest absolute Gasteiger partial charge is 0.321 e. The first-order valence-corrected chi connectivity index (χ1v) is 9.35. The van der Waals surface area contributed by atoms with E-state index >= 15 is 0 Å². The van der Waals surface area contributed by atoms with Crippen molar-refractivity contribution in [3.05, 3.63) is 59.7 Å².